The van der Waals surface area contributed by atoms with Crippen LogP contribution in [0.3, 0.4) is 0 Å². The molecule has 0 fully saturated rings. The first-order valence-corrected chi connectivity index (χ1v) is 3.46. The van der Waals surface area contributed by atoms with Gasteiger partial charge in [0, 0.05) is 0 Å². The quantitative estimate of drug-likeness (QED) is 0.482. The molecule has 0 bridgehead atoms. The van der Waals surface area contributed by atoms with E-state index < -0.39 is 14.4 Å². The molecule has 0 rings (SSSR count). The van der Waals surface area contributed by atoms with E-state index in [2.05, 4.69) is 9.05 Å². The average molecular weight is 162 g/mol. The van der Waals surface area contributed by atoms with E-state index in [4.69, 9.17) is 5.11 Å². The Kier molecular flexibility index (Phi) is 9.11. The van der Waals surface area contributed by atoms with Gasteiger partial charge in [-0.15, -0.1) is 0 Å². The molecule has 5 nitrogen and oxygen atoms in total. The van der Waals surface area contributed by atoms with Crippen LogP contribution in [0, 0.1) is 0 Å². The van der Waals surface area contributed by atoms with E-state index in [9.17, 15) is 9.36 Å². The van der Waals surface area contributed by atoms with Crippen LogP contribution >= 0.6 is 8.25 Å². The van der Waals surface area contributed by atoms with Gasteiger partial charge in [-0.3, -0.25) is 0 Å². The third-order valence-corrected chi connectivity index (χ3v) is 1.30. The molecule has 0 amide bonds. The van der Waals surface area contributed by atoms with Crippen molar-refractivity contribution in [1.82, 2.24) is 0 Å². The zero-order valence-electron chi connectivity index (χ0n) is 4.79. The zero-order chi connectivity index (χ0) is 7.28. The molecule has 0 saturated heterocycles. The van der Waals surface area contributed by atoms with Crippen molar-refractivity contribution in [2.75, 3.05) is 6.61 Å². The van der Waals surface area contributed by atoms with Crippen LogP contribution in [0.5, 0.6) is 0 Å². The predicted octanol–water partition coefficient (Wildman–Crippen LogP) is 0.459. The van der Waals surface area contributed by atoms with E-state index in [0.717, 1.165) is 0 Å². The van der Waals surface area contributed by atoms with Gasteiger partial charge in [-0.25, -0.2) is 9.36 Å². The normalized spacial score (nSPS) is 11.3. The summed E-state index contributed by atoms with van der Waals surface area (Å²) in [4.78, 5) is 9.61. The maximum atomic E-state index is 10.2. The summed E-state index contributed by atoms with van der Waals surface area (Å²) in [5.41, 5.74) is 0. The van der Waals surface area contributed by atoms with Crippen LogP contribution in [0.4, 0.5) is 4.79 Å². The molecular weight excluding hydrogens is 154 g/mol. The monoisotopic (exact) mass is 162 g/mol. The van der Waals surface area contributed by atoms with E-state index >= 15 is 0 Å². The molecule has 7 heteroatoms. The van der Waals surface area contributed by atoms with Gasteiger partial charge in [0.25, 0.3) is 0 Å². The van der Waals surface area contributed by atoms with Gasteiger partial charge in [0.15, 0.2) is 0 Å². The second-order valence-corrected chi connectivity index (χ2v) is 2.04. The molecule has 0 spiro atoms. The topological polar surface area (TPSA) is 72.8 Å². The standard InChI is InChI=1S/C3H7O5P.Li.H/c1-2-7-9(6)8-3(4)5;;/h9H,2H2,1H3,(H,4,5);;. The first-order chi connectivity index (χ1) is 4.16. The first-order valence-electron chi connectivity index (χ1n) is 2.24. The molecule has 0 heterocycles. The molecule has 0 saturated carbocycles. The molecule has 0 radical (unpaired) electrons. The fourth-order valence-corrected chi connectivity index (χ4v) is 0.656. The Bertz CT molecular complexity index is 126. The Labute approximate surface area is 70.8 Å². The summed E-state index contributed by atoms with van der Waals surface area (Å²) in [5, 5.41) is 7.83. The second kappa shape index (κ2) is 7.17. The third kappa shape index (κ3) is 8.06. The molecule has 1 atom stereocenters. The number of carboxylic acid groups (broad SMARTS) is 1. The molecule has 1 N–H and O–H groups in total. The minimum absolute atomic E-state index is 0. The van der Waals surface area contributed by atoms with Crippen LogP contribution in [0.1, 0.15) is 6.92 Å². The average Bonchev–Trinajstić information content (AvgIpc) is 1.63. The number of rotatable bonds is 3. The zero-order valence-corrected chi connectivity index (χ0v) is 5.79. The van der Waals surface area contributed by atoms with E-state index in [1.807, 2.05) is 0 Å². The molecule has 0 aromatic heterocycles. The molecular formula is C3H8LiO5P. The Morgan fingerprint density at radius 2 is 2.20 bits per heavy atom. The Hall–Kier alpha value is 0.0574. The Morgan fingerprint density at radius 3 is 2.50 bits per heavy atom. The summed E-state index contributed by atoms with van der Waals surface area (Å²) < 4.78 is 18.2. The predicted molar refractivity (Wildman–Crippen MR) is 36.9 cm³/mol. The van der Waals surface area contributed by atoms with Crippen LogP contribution in [0.25, 0.3) is 0 Å². The third-order valence-electron chi connectivity index (χ3n) is 0.433. The van der Waals surface area contributed by atoms with Gasteiger partial charge in [-0.2, -0.15) is 0 Å². The van der Waals surface area contributed by atoms with E-state index in [1.54, 1.807) is 6.92 Å². The van der Waals surface area contributed by atoms with E-state index in [-0.39, 0.29) is 25.5 Å². The van der Waals surface area contributed by atoms with Crippen LogP contribution in [-0.2, 0) is 13.6 Å². The fraction of sp³-hybridized carbons (Fsp3) is 0.667. The number of hydrogen-bond donors (Lipinski definition) is 1. The number of hydrogen-bond acceptors (Lipinski definition) is 4. The summed E-state index contributed by atoms with van der Waals surface area (Å²) in [7, 11) is -2.79. The van der Waals surface area contributed by atoms with Crippen molar-refractivity contribution in [3.05, 3.63) is 0 Å². The van der Waals surface area contributed by atoms with Crippen LogP contribution in [-0.4, -0.2) is 36.7 Å². The van der Waals surface area contributed by atoms with Crippen molar-refractivity contribution in [3.8, 4) is 0 Å². The van der Waals surface area contributed by atoms with Crippen molar-refractivity contribution in [2.24, 2.45) is 0 Å². The second-order valence-electron chi connectivity index (χ2n) is 1.05. The van der Waals surface area contributed by atoms with Crippen molar-refractivity contribution >= 4 is 33.3 Å². The summed E-state index contributed by atoms with van der Waals surface area (Å²) in [6.45, 7) is 1.78. The fourth-order valence-electron chi connectivity index (χ4n) is 0.219. The van der Waals surface area contributed by atoms with Crippen molar-refractivity contribution in [1.29, 1.82) is 0 Å². The molecule has 0 aromatic carbocycles. The first kappa shape index (κ1) is 12.7. The van der Waals surface area contributed by atoms with E-state index in [1.165, 1.54) is 0 Å². The van der Waals surface area contributed by atoms with Crippen LogP contribution in [0.2, 0.25) is 0 Å². The van der Waals surface area contributed by atoms with Gasteiger partial charge in [-0.1, -0.05) is 0 Å². The van der Waals surface area contributed by atoms with Crippen LogP contribution in [0.15, 0.2) is 0 Å². The van der Waals surface area contributed by atoms with Crippen molar-refractivity contribution in [3.63, 3.8) is 0 Å². The van der Waals surface area contributed by atoms with Crippen molar-refractivity contribution in [2.45, 2.75) is 6.92 Å². The maximum absolute atomic E-state index is 10.2. The van der Waals surface area contributed by atoms with Gasteiger partial charge < -0.3 is 14.2 Å². The Balaban J connectivity index is 0. The van der Waals surface area contributed by atoms with Gasteiger partial charge in [-0.05, 0) is 6.92 Å². The van der Waals surface area contributed by atoms with Gasteiger partial charge >= 0.3 is 33.3 Å². The summed E-state index contributed by atoms with van der Waals surface area (Å²) in [5.74, 6) is 0. The molecule has 0 aliphatic heterocycles. The molecule has 1 unspecified atom stereocenters. The summed E-state index contributed by atoms with van der Waals surface area (Å²) in [6, 6.07) is 0. The molecule has 0 aliphatic rings. The van der Waals surface area contributed by atoms with Gasteiger partial charge in [0.05, 0.1) is 6.61 Å². The molecule has 10 heavy (non-hydrogen) atoms. The molecule has 0 aliphatic carbocycles. The summed E-state index contributed by atoms with van der Waals surface area (Å²) >= 11 is 0. The SMILES string of the molecule is CCO[PH](=O)OC(=O)O.[LiH]. The van der Waals surface area contributed by atoms with Crippen LogP contribution < -0.4 is 0 Å². The minimum atomic E-state index is -2.79. The molecule has 0 aromatic rings. The number of carbonyl (C=O) groups is 1. The van der Waals surface area contributed by atoms with Crippen molar-refractivity contribution < 1.29 is 23.5 Å². The van der Waals surface area contributed by atoms with E-state index in [0.29, 0.717) is 0 Å². The molecule has 56 valence electrons. The van der Waals surface area contributed by atoms with Gasteiger partial charge in [0.2, 0.25) is 0 Å². The summed E-state index contributed by atoms with van der Waals surface area (Å²) in [6.07, 6.45) is -1.58. The Morgan fingerprint density at radius 1 is 1.70 bits per heavy atom. The van der Waals surface area contributed by atoms with Gasteiger partial charge in [0.1, 0.15) is 0 Å².